The van der Waals surface area contributed by atoms with Crippen molar-refractivity contribution in [2.24, 2.45) is 5.73 Å². The predicted octanol–water partition coefficient (Wildman–Crippen LogP) is 1.87. The molecule has 4 N–H and O–H groups in total. The monoisotopic (exact) mass is 231 g/mol. The Morgan fingerprint density at radius 1 is 1.27 bits per heavy atom. The standard InChI is InChI=1S/C10H15N.H2O3S/c1-8-6-4-5-7-9(8)10(2,3)11;1-4(2)3/h4-7H,11H2,1-3H3;(H2,1,2,3). The molecule has 0 saturated heterocycles. The molecule has 0 aromatic heterocycles. The van der Waals surface area contributed by atoms with Gasteiger partial charge in [0.05, 0.1) is 0 Å². The van der Waals surface area contributed by atoms with E-state index in [1.165, 1.54) is 11.1 Å². The second-order valence-electron chi connectivity index (χ2n) is 3.77. The lowest BCUT2D eigenvalue weighted by molar-refractivity contribution is 0.454. The van der Waals surface area contributed by atoms with E-state index in [4.69, 9.17) is 19.0 Å². The summed E-state index contributed by atoms with van der Waals surface area (Å²) in [5, 5.41) is 0. The van der Waals surface area contributed by atoms with Crippen molar-refractivity contribution in [1.29, 1.82) is 0 Å². The van der Waals surface area contributed by atoms with E-state index in [0.717, 1.165) is 0 Å². The Kier molecular flexibility index (Phi) is 5.67. The van der Waals surface area contributed by atoms with Crippen molar-refractivity contribution in [3.05, 3.63) is 35.4 Å². The van der Waals surface area contributed by atoms with E-state index >= 15 is 0 Å². The van der Waals surface area contributed by atoms with Crippen LogP contribution in [0.1, 0.15) is 25.0 Å². The van der Waals surface area contributed by atoms with E-state index in [9.17, 15) is 0 Å². The van der Waals surface area contributed by atoms with Crippen LogP contribution in [-0.2, 0) is 16.9 Å². The molecule has 0 heterocycles. The molecule has 86 valence electrons. The van der Waals surface area contributed by atoms with Crippen molar-refractivity contribution in [2.75, 3.05) is 0 Å². The average Bonchev–Trinajstić information content (AvgIpc) is 2.01. The van der Waals surface area contributed by atoms with Crippen LogP contribution in [0.25, 0.3) is 0 Å². The third-order valence-electron chi connectivity index (χ3n) is 1.84. The lowest BCUT2D eigenvalue weighted by Crippen LogP contribution is -2.29. The van der Waals surface area contributed by atoms with Crippen LogP contribution in [0.3, 0.4) is 0 Å². The van der Waals surface area contributed by atoms with E-state index in [0.29, 0.717) is 0 Å². The van der Waals surface area contributed by atoms with E-state index in [2.05, 4.69) is 19.1 Å². The fourth-order valence-corrected chi connectivity index (χ4v) is 1.30. The second kappa shape index (κ2) is 5.97. The van der Waals surface area contributed by atoms with E-state index in [1.54, 1.807) is 0 Å². The van der Waals surface area contributed by atoms with Crippen molar-refractivity contribution in [3.8, 4) is 0 Å². The number of hydrogen-bond acceptors (Lipinski definition) is 2. The van der Waals surface area contributed by atoms with Gasteiger partial charge in [-0.15, -0.1) is 0 Å². The van der Waals surface area contributed by atoms with Crippen LogP contribution in [0.4, 0.5) is 0 Å². The quantitative estimate of drug-likeness (QED) is 0.644. The van der Waals surface area contributed by atoms with Gasteiger partial charge >= 0.3 is 0 Å². The molecule has 15 heavy (non-hydrogen) atoms. The molecular formula is C10H17NO3S. The number of benzene rings is 1. The summed E-state index contributed by atoms with van der Waals surface area (Å²) >= 11 is -2.61. The molecule has 0 atom stereocenters. The molecule has 1 aromatic carbocycles. The molecule has 0 bridgehead atoms. The lowest BCUT2D eigenvalue weighted by Gasteiger charge is -2.21. The van der Waals surface area contributed by atoms with Crippen molar-refractivity contribution in [2.45, 2.75) is 26.3 Å². The molecular weight excluding hydrogens is 214 g/mol. The fraction of sp³-hybridized carbons (Fsp3) is 0.400. The molecule has 0 spiro atoms. The maximum absolute atomic E-state index is 8.67. The molecule has 0 saturated carbocycles. The maximum Gasteiger partial charge on any atom is 0.299 e. The highest BCUT2D eigenvalue weighted by Crippen LogP contribution is 2.19. The summed E-state index contributed by atoms with van der Waals surface area (Å²) in [6.07, 6.45) is 0. The molecule has 5 heteroatoms. The maximum atomic E-state index is 8.67. The molecule has 0 radical (unpaired) electrons. The van der Waals surface area contributed by atoms with Crippen LogP contribution in [0.2, 0.25) is 0 Å². The second-order valence-corrected chi connectivity index (χ2v) is 4.23. The Morgan fingerprint density at radius 2 is 1.67 bits per heavy atom. The smallest absolute Gasteiger partial charge is 0.299 e. The Labute approximate surface area is 92.6 Å². The van der Waals surface area contributed by atoms with Gasteiger partial charge in [0.15, 0.2) is 0 Å². The molecule has 0 unspecified atom stereocenters. The zero-order valence-corrected chi connectivity index (χ0v) is 9.91. The van der Waals surface area contributed by atoms with Crippen LogP contribution < -0.4 is 5.73 Å². The Balaban J connectivity index is 0.000000423. The van der Waals surface area contributed by atoms with Crippen molar-refractivity contribution < 1.29 is 13.3 Å². The van der Waals surface area contributed by atoms with Crippen LogP contribution >= 0.6 is 0 Å². The van der Waals surface area contributed by atoms with Crippen LogP contribution in [-0.4, -0.2) is 13.3 Å². The Morgan fingerprint density at radius 3 is 1.93 bits per heavy atom. The van der Waals surface area contributed by atoms with Crippen LogP contribution in [0, 0.1) is 6.92 Å². The molecule has 4 nitrogen and oxygen atoms in total. The lowest BCUT2D eigenvalue weighted by atomic mass is 9.92. The van der Waals surface area contributed by atoms with Gasteiger partial charge in [-0.3, -0.25) is 9.11 Å². The molecule has 0 aliphatic heterocycles. The summed E-state index contributed by atoms with van der Waals surface area (Å²) in [6.45, 7) is 6.13. The highest BCUT2D eigenvalue weighted by atomic mass is 32.2. The first-order valence-corrected chi connectivity index (χ1v) is 5.46. The van der Waals surface area contributed by atoms with Crippen LogP contribution in [0.5, 0.6) is 0 Å². The van der Waals surface area contributed by atoms with Gasteiger partial charge in [-0.25, -0.2) is 0 Å². The average molecular weight is 231 g/mol. The largest absolute Gasteiger partial charge is 0.322 e. The number of nitrogens with two attached hydrogens (primary N) is 1. The van der Waals surface area contributed by atoms with Gasteiger partial charge in [0, 0.05) is 5.54 Å². The number of aryl methyl sites for hydroxylation is 1. The van der Waals surface area contributed by atoms with Crippen molar-refractivity contribution in [3.63, 3.8) is 0 Å². The van der Waals surface area contributed by atoms with E-state index in [-0.39, 0.29) is 5.54 Å². The van der Waals surface area contributed by atoms with Gasteiger partial charge in [-0.2, -0.15) is 4.21 Å². The topological polar surface area (TPSA) is 83.6 Å². The zero-order valence-electron chi connectivity index (χ0n) is 9.10. The van der Waals surface area contributed by atoms with E-state index in [1.807, 2.05) is 26.0 Å². The molecule has 1 rings (SSSR count). The number of hydrogen-bond donors (Lipinski definition) is 3. The van der Waals surface area contributed by atoms with Gasteiger partial charge in [0.1, 0.15) is 0 Å². The minimum atomic E-state index is -2.61. The Bertz CT molecular complexity index is 330. The summed E-state index contributed by atoms with van der Waals surface area (Å²) in [6, 6.07) is 8.22. The first kappa shape index (κ1) is 14.2. The highest BCUT2D eigenvalue weighted by Gasteiger charge is 2.14. The zero-order chi connectivity index (χ0) is 12.1. The summed E-state index contributed by atoms with van der Waals surface area (Å²) in [5.41, 5.74) is 8.23. The third-order valence-corrected chi connectivity index (χ3v) is 1.84. The number of rotatable bonds is 1. The van der Waals surface area contributed by atoms with Crippen molar-refractivity contribution >= 4 is 11.4 Å². The van der Waals surface area contributed by atoms with Gasteiger partial charge in [-0.05, 0) is 31.9 Å². The SMILES string of the molecule is Cc1ccccc1C(C)(C)N.O=S(O)O. The summed E-state index contributed by atoms with van der Waals surface area (Å²) in [7, 11) is 0. The van der Waals surface area contributed by atoms with Gasteiger partial charge < -0.3 is 5.73 Å². The summed E-state index contributed by atoms with van der Waals surface area (Å²) in [5.74, 6) is 0. The summed E-state index contributed by atoms with van der Waals surface area (Å²) in [4.78, 5) is 0. The minimum Gasteiger partial charge on any atom is -0.322 e. The molecule has 0 aliphatic rings. The minimum absolute atomic E-state index is 0.217. The van der Waals surface area contributed by atoms with Gasteiger partial charge in [-0.1, -0.05) is 24.3 Å². The van der Waals surface area contributed by atoms with Crippen LogP contribution in [0.15, 0.2) is 24.3 Å². The molecule has 1 aromatic rings. The van der Waals surface area contributed by atoms with Crippen molar-refractivity contribution in [1.82, 2.24) is 0 Å². The normalized spacial score (nSPS) is 10.9. The Hall–Kier alpha value is -0.750. The van der Waals surface area contributed by atoms with E-state index < -0.39 is 11.4 Å². The fourth-order valence-electron chi connectivity index (χ4n) is 1.30. The summed E-state index contributed by atoms with van der Waals surface area (Å²) < 4.78 is 22.8. The molecule has 0 aliphatic carbocycles. The predicted molar refractivity (Wildman–Crippen MR) is 61.8 cm³/mol. The first-order chi connectivity index (χ1) is 6.75. The first-order valence-electron chi connectivity index (χ1n) is 4.40. The highest BCUT2D eigenvalue weighted by molar-refractivity contribution is 7.73. The van der Waals surface area contributed by atoms with Gasteiger partial charge in [0.25, 0.3) is 11.4 Å². The van der Waals surface area contributed by atoms with Gasteiger partial charge in [0.2, 0.25) is 0 Å². The molecule has 0 fully saturated rings. The molecule has 0 amide bonds. The third kappa shape index (κ3) is 6.35.